The third-order valence-corrected chi connectivity index (χ3v) is 5.08. The minimum absolute atomic E-state index is 0.192. The van der Waals surface area contributed by atoms with Gasteiger partial charge in [0.1, 0.15) is 16.7 Å². The third-order valence-electron chi connectivity index (χ3n) is 3.74. The van der Waals surface area contributed by atoms with Crippen molar-refractivity contribution in [1.82, 2.24) is 0 Å². The van der Waals surface area contributed by atoms with Crippen molar-refractivity contribution in [2.24, 2.45) is 0 Å². The quantitative estimate of drug-likeness (QED) is 0.625. The van der Waals surface area contributed by atoms with E-state index in [0.717, 1.165) is 0 Å². The maximum atomic E-state index is 12.8. The number of halogens is 1. The van der Waals surface area contributed by atoms with Gasteiger partial charge in [0.05, 0.1) is 17.7 Å². The lowest BCUT2D eigenvalue weighted by atomic mass is 10.0. The van der Waals surface area contributed by atoms with Crippen LogP contribution in [0.3, 0.4) is 0 Å². The number of anilines is 1. The number of methoxy groups -OCH3 is 1. The fourth-order valence-electron chi connectivity index (χ4n) is 2.40. The number of ketones is 1. The molecule has 6 heteroatoms. The fraction of sp³-hybridized carbons (Fsp3) is 0.0500. The maximum absolute atomic E-state index is 12.8. The van der Waals surface area contributed by atoms with Crippen LogP contribution < -0.4 is 9.46 Å². The lowest BCUT2D eigenvalue weighted by Gasteiger charge is -2.12. The molecule has 0 radical (unpaired) electrons. The Kier molecular flexibility index (Phi) is 5.71. The van der Waals surface area contributed by atoms with Gasteiger partial charge in [-0.2, -0.15) is 0 Å². The van der Waals surface area contributed by atoms with Crippen LogP contribution >= 0.6 is 11.6 Å². The molecule has 0 fully saturated rings. The highest BCUT2D eigenvalue weighted by atomic mass is 35.5. The molecule has 26 heavy (non-hydrogen) atoms. The van der Waals surface area contributed by atoms with E-state index in [9.17, 15) is 9.00 Å². The summed E-state index contributed by atoms with van der Waals surface area (Å²) in [6.07, 6.45) is 0. The van der Waals surface area contributed by atoms with Crippen LogP contribution in [0.2, 0.25) is 5.02 Å². The smallest absolute Gasteiger partial charge is 0.195 e. The molecular weight excluding hydrogens is 370 g/mol. The first-order valence-corrected chi connectivity index (χ1v) is 9.33. The van der Waals surface area contributed by atoms with Crippen molar-refractivity contribution in [3.8, 4) is 5.75 Å². The van der Waals surface area contributed by atoms with Gasteiger partial charge in [0.15, 0.2) is 5.78 Å². The topological polar surface area (TPSA) is 55.4 Å². The molecule has 0 saturated carbocycles. The van der Waals surface area contributed by atoms with Crippen LogP contribution in [0.5, 0.6) is 5.75 Å². The molecule has 0 aliphatic carbocycles. The summed E-state index contributed by atoms with van der Waals surface area (Å²) in [5.41, 5.74) is 1.36. The molecule has 1 N–H and O–H groups in total. The molecular formula is C20H16ClNO3S. The first kappa shape index (κ1) is 18.2. The minimum Gasteiger partial charge on any atom is -0.497 e. The Morgan fingerprint density at radius 3 is 2.35 bits per heavy atom. The molecule has 1 unspecified atom stereocenters. The molecule has 0 aromatic heterocycles. The second-order valence-electron chi connectivity index (χ2n) is 5.43. The lowest BCUT2D eigenvalue weighted by Crippen LogP contribution is -2.10. The summed E-state index contributed by atoms with van der Waals surface area (Å²) in [5, 5.41) is 0.435. The highest BCUT2D eigenvalue weighted by molar-refractivity contribution is 7.86. The Balaban J connectivity index is 1.90. The van der Waals surface area contributed by atoms with Gasteiger partial charge in [-0.15, -0.1) is 0 Å². The minimum atomic E-state index is -1.54. The van der Waals surface area contributed by atoms with E-state index in [-0.39, 0.29) is 5.78 Å². The highest BCUT2D eigenvalue weighted by Gasteiger charge is 2.16. The Morgan fingerprint density at radius 1 is 1.00 bits per heavy atom. The second kappa shape index (κ2) is 8.17. The van der Waals surface area contributed by atoms with Gasteiger partial charge < -0.3 is 9.46 Å². The number of nitrogens with one attached hydrogen (secondary N) is 1. The Labute approximate surface area is 159 Å². The van der Waals surface area contributed by atoms with E-state index < -0.39 is 11.0 Å². The zero-order valence-electron chi connectivity index (χ0n) is 13.9. The summed E-state index contributed by atoms with van der Waals surface area (Å²) < 4.78 is 20.6. The van der Waals surface area contributed by atoms with Crippen LogP contribution in [0, 0.1) is 0 Å². The maximum Gasteiger partial charge on any atom is 0.195 e. The third kappa shape index (κ3) is 4.12. The van der Waals surface area contributed by atoms with Gasteiger partial charge in [-0.3, -0.25) is 4.79 Å². The van der Waals surface area contributed by atoms with E-state index in [0.29, 0.717) is 32.5 Å². The Hall–Kier alpha value is -2.63. The first-order valence-electron chi connectivity index (χ1n) is 7.80. The summed E-state index contributed by atoms with van der Waals surface area (Å²) >= 11 is 6.07. The summed E-state index contributed by atoms with van der Waals surface area (Å²) in [6, 6.07) is 20.6. The van der Waals surface area contributed by atoms with Crippen molar-refractivity contribution in [2.45, 2.75) is 4.90 Å². The molecule has 0 heterocycles. The van der Waals surface area contributed by atoms with Crippen LogP contribution in [0.1, 0.15) is 15.9 Å². The molecule has 0 bridgehead atoms. The normalized spacial score (nSPS) is 11.6. The summed E-state index contributed by atoms with van der Waals surface area (Å²) in [5.74, 6) is 0.486. The van der Waals surface area contributed by atoms with Crippen molar-refractivity contribution in [1.29, 1.82) is 0 Å². The number of rotatable bonds is 6. The number of hydrogen-bond donors (Lipinski definition) is 1. The van der Waals surface area contributed by atoms with Gasteiger partial charge in [-0.05, 0) is 42.5 Å². The van der Waals surface area contributed by atoms with Gasteiger partial charge in [0.2, 0.25) is 0 Å². The van der Waals surface area contributed by atoms with Crippen molar-refractivity contribution >= 4 is 34.1 Å². The molecule has 0 aliphatic rings. The predicted molar refractivity (Wildman–Crippen MR) is 104 cm³/mol. The highest BCUT2D eigenvalue weighted by Crippen LogP contribution is 2.25. The number of benzene rings is 3. The number of carbonyl (C=O) groups is 1. The van der Waals surface area contributed by atoms with Gasteiger partial charge >= 0.3 is 0 Å². The van der Waals surface area contributed by atoms with Gasteiger partial charge in [0, 0.05) is 16.1 Å². The van der Waals surface area contributed by atoms with Crippen molar-refractivity contribution in [3.05, 3.63) is 88.9 Å². The van der Waals surface area contributed by atoms with Crippen LogP contribution in [0.15, 0.2) is 77.7 Å². The zero-order valence-corrected chi connectivity index (χ0v) is 15.5. The van der Waals surface area contributed by atoms with Gasteiger partial charge in [0.25, 0.3) is 0 Å². The van der Waals surface area contributed by atoms with E-state index in [4.69, 9.17) is 16.3 Å². The zero-order chi connectivity index (χ0) is 18.5. The first-order chi connectivity index (χ1) is 12.6. The van der Waals surface area contributed by atoms with Crippen molar-refractivity contribution < 1.29 is 13.7 Å². The van der Waals surface area contributed by atoms with E-state index in [2.05, 4.69) is 4.72 Å². The van der Waals surface area contributed by atoms with E-state index in [1.165, 1.54) is 0 Å². The molecule has 3 rings (SSSR count). The number of carbonyl (C=O) groups excluding carboxylic acids is 1. The molecule has 3 aromatic rings. The largest absolute Gasteiger partial charge is 0.497 e. The lowest BCUT2D eigenvalue weighted by molar-refractivity contribution is 0.103. The van der Waals surface area contributed by atoms with E-state index >= 15 is 0 Å². The van der Waals surface area contributed by atoms with Crippen LogP contribution in [0.4, 0.5) is 5.69 Å². The molecule has 0 amide bonds. The van der Waals surface area contributed by atoms with Crippen molar-refractivity contribution in [3.63, 3.8) is 0 Å². The van der Waals surface area contributed by atoms with Crippen LogP contribution in [-0.2, 0) is 11.0 Å². The van der Waals surface area contributed by atoms with Crippen LogP contribution in [0.25, 0.3) is 0 Å². The monoisotopic (exact) mass is 385 g/mol. The number of hydrogen-bond acceptors (Lipinski definition) is 3. The summed E-state index contributed by atoms with van der Waals surface area (Å²) in [6.45, 7) is 0. The standard InChI is InChI=1S/C20H16ClNO3S/c1-25-16-8-10-17(11-9-16)26(24)22-19-12-7-15(21)13-18(19)20(23)14-5-3-2-4-6-14/h2-13,22H,1H3. The van der Waals surface area contributed by atoms with Gasteiger partial charge in [-0.25, -0.2) is 4.21 Å². The molecule has 4 nitrogen and oxygen atoms in total. The molecule has 3 aromatic carbocycles. The summed E-state index contributed by atoms with van der Waals surface area (Å²) in [4.78, 5) is 13.4. The Bertz CT molecular complexity index is 943. The molecule has 0 saturated heterocycles. The van der Waals surface area contributed by atoms with Crippen molar-refractivity contribution in [2.75, 3.05) is 11.8 Å². The molecule has 0 aliphatic heterocycles. The van der Waals surface area contributed by atoms with Crippen LogP contribution in [-0.4, -0.2) is 17.1 Å². The number of ether oxygens (including phenoxy) is 1. The summed E-state index contributed by atoms with van der Waals surface area (Å²) in [7, 11) is 0.0335. The Morgan fingerprint density at radius 2 is 1.69 bits per heavy atom. The fourth-order valence-corrected chi connectivity index (χ4v) is 3.45. The second-order valence-corrected chi connectivity index (χ2v) is 7.08. The molecule has 132 valence electrons. The predicted octanol–water partition coefficient (Wildman–Crippen LogP) is 4.71. The SMILES string of the molecule is COc1ccc(S(=O)Nc2ccc(Cl)cc2C(=O)c2ccccc2)cc1. The van der Waals surface area contributed by atoms with E-state index in [1.807, 2.05) is 6.07 Å². The average Bonchev–Trinajstić information content (AvgIpc) is 2.69. The van der Waals surface area contributed by atoms with Gasteiger partial charge in [-0.1, -0.05) is 41.9 Å². The molecule has 1 atom stereocenters. The molecule has 0 spiro atoms. The average molecular weight is 386 g/mol. The van der Waals surface area contributed by atoms with E-state index in [1.54, 1.807) is 73.8 Å².